The summed E-state index contributed by atoms with van der Waals surface area (Å²) in [7, 11) is 0. The maximum atomic E-state index is 11.5. The lowest BCUT2D eigenvalue weighted by Gasteiger charge is -2.08. The first kappa shape index (κ1) is 16.7. The highest BCUT2D eigenvalue weighted by Crippen LogP contribution is 2.40. The molecule has 1 aromatic carbocycles. The van der Waals surface area contributed by atoms with Crippen molar-refractivity contribution in [3.8, 4) is 5.75 Å². The van der Waals surface area contributed by atoms with E-state index in [1.807, 2.05) is 0 Å². The molecule has 0 aromatic heterocycles. The molecule has 104 valence electrons. The van der Waals surface area contributed by atoms with Crippen molar-refractivity contribution in [3.63, 3.8) is 0 Å². The van der Waals surface area contributed by atoms with Crippen LogP contribution in [0.2, 0.25) is 0 Å². The molecule has 0 saturated carbocycles. The average Bonchev–Trinajstić information content (AvgIpc) is 2.39. The third kappa shape index (κ3) is 4.30. The van der Waals surface area contributed by atoms with Crippen LogP contribution in [0.1, 0.15) is 19.4 Å². The Balaban J connectivity index is 3.08. The van der Waals surface area contributed by atoms with Gasteiger partial charge in [0.15, 0.2) is 0 Å². The molecule has 0 saturated heterocycles. The van der Waals surface area contributed by atoms with E-state index < -0.39 is 5.97 Å². The number of benzene rings is 1. The van der Waals surface area contributed by atoms with E-state index in [-0.39, 0.29) is 12.4 Å². The molecule has 0 atom stereocenters. The fourth-order valence-corrected chi connectivity index (χ4v) is 2.62. The van der Waals surface area contributed by atoms with Gasteiger partial charge in [-0.3, -0.25) is 4.89 Å². The third-order valence-electron chi connectivity index (χ3n) is 2.10. The summed E-state index contributed by atoms with van der Waals surface area (Å²) in [6.45, 7) is 3.60. The zero-order valence-electron chi connectivity index (χ0n) is 10.2. The SMILES string of the molecule is CCOOC(=O)/C(C)=C/c1cc(O)c(Br)c(Br)c1Br. The van der Waals surface area contributed by atoms with E-state index in [4.69, 9.17) is 0 Å². The maximum absolute atomic E-state index is 11.5. The normalized spacial score (nSPS) is 11.5. The summed E-state index contributed by atoms with van der Waals surface area (Å²) in [5.74, 6) is -0.514. The summed E-state index contributed by atoms with van der Waals surface area (Å²) in [6, 6.07) is 1.52. The van der Waals surface area contributed by atoms with Crippen LogP contribution in [0.25, 0.3) is 6.08 Å². The lowest BCUT2D eigenvalue weighted by atomic mass is 10.1. The minimum absolute atomic E-state index is 0.0623. The van der Waals surface area contributed by atoms with Gasteiger partial charge in [-0.05, 0) is 79.3 Å². The summed E-state index contributed by atoms with van der Waals surface area (Å²) < 4.78 is 1.90. The minimum Gasteiger partial charge on any atom is -0.507 e. The van der Waals surface area contributed by atoms with Crippen LogP contribution in [0.15, 0.2) is 25.1 Å². The molecule has 1 N–H and O–H groups in total. The summed E-state index contributed by atoms with van der Waals surface area (Å²) in [5.41, 5.74) is 0.987. The lowest BCUT2D eigenvalue weighted by molar-refractivity contribution is -0.265. The minimum atomic E-state index is -0.577. The van der Waals surface area contributed by atoms with Crippen molar-refractivity contribution in [2.24, 2.45) is 0 Å². The van der Waals surface area contributed by atoms with Crippen LogP contribution < -0.4 is 0 Å². The molecule has 19 heavy (non-hydrogen) atoms. The molecule has 0 bridgehead atoms. The molecule has 0 aliphatic rings. The molecule has 0 unspecified atom stereocenters. The first-order chi connectivity index (χ1) is 8.88. The van der Waals surface area contributed by atoms with Crippen molar-refractivity contribution in [3.05, 3.63) is 30.6 Å². The molecule has 0 radical (unpaired) electrons. The molecule has 0 heterocycles. The van der Waals surface area contributed by atoms with Crippen LogP contribution in [0, 0.1) is 0 Å². The number of phenolic OH excluding ortho intramolecular Hbond substituents is 1. The quantitative estimate of drug-likeness (QED) is 0.310. The Hall–Kier alpha value is -0.370. The second-order valence-electron chi connectivity index (χ2n) is 3.53. The second kappa shape index (κ2) is 7.42. The van der Waals surface area contributed by atoms with Gasteiger partial charge in [-0.25, -0.2) is 4.79 Å². The Morgan fingerprint density at radius 3 is 2.53 bits per heavy atom. The first-order valence-corrected chi connectivity index (χ1v) is 7.64. The first-order valence-electron chi connectivity index (χ1n) is 5.27. The van der Waals surface area contributed by atoms with E-state index in [1.165, 1.54) is 6.07 Å². The standard InChI is InChI=1S/C12H11Br3O4/c1-3-18-19-12(17)6(2)4-7-5-8(16)10(14)11(15)9(7)13/h4-5,16H,3H2,1-2H3/b6-4+. The Morgan fingerprint density at radius 1 is 1.32 bits per heavy atom. The lowest BCUT2D eigenvalue weighted by Crippen LogP contribution is -2.06. The van der Waals surface area contributed by atoms with E-state index in [0.717, 1.165) is 0 Å². The van der Waals surface area contributed by atoms with Crippen molar-refractivity contribution in [2.75, 3.05) is 6.61 Å². The van der Waals surface area contributed by atoms with Crippen LogP contribution in [-0.2, 0) is 14.6 Å². The highest BCUT2D eigenvalue weighted by Gasteiger charge is 2.13. The molecule has 0 amide bonds. The largest absolute Gasteiger partial charge is 0.507 e. The van der Waals surface area contributed by atoms with Crippen LogP contribution in [0.5, 0.6) is 5.75 Å². The molecule has 1 rings (SSSR count). The fraction of sp³-hybridized carbons (Fsp3) is 0.250. The van der Waals surface area contributed by atoms with Gasteiger partial charge in [-0.15, -0.1) is 0 Å². The smallest absolute Gasteiger partial charge is 0.368 e. The Bertz CT molecular complexity index is 526. The van der Waals surface area contributed by atoms with Gasteiger partial charge in [0.25, 0.3) is 0 Å². The Morgan fingerprint density at radius 2 is 1.95 bits per heavy atom. The molecule has 0 fully saturated rings. The number of carbonyl (C=O) groups excluding carboxylic acids is 1. The summed E-state index contributed by atoms with van der Waals surface area (Å²) in [6.07, 6.45) is 1.59. The van der Waals surface area contributed by atoms with Crippen molar-refractivity contribution in [1.29, 1.82) is 0 Å². The van der Waals surface area contributed by atoms with Crippen LogP contribution in [0.4, 0.5) is 0 Å². The van der Waals surface area contributed by atoms with E-state index in [1.54, 1.807) is 19.9 Å². The fourth-order valence-electron chi connectivity index (χ4n) is 1.18. The van der Waals surface area contributed by atoms with Gasteiger partial charge in [0.2, 0.25) is 0 Å². The summed E-state index contributed by atoms with van der Waals surface area (Å²) >= 11 is 9.94. The van der Waals surface area contributed by atoms with E-state index >= 15 is 0 Å². The average molecular weight is 459 g/mol. The number of hydrogen-bond acceptors (Lipinski definition) is 4. The molecule has 0 aliphatic heterocycles. The zero-order chi connectivity index (χ0) is 14.6. The van der Waals surface area contributed by atoms with Gasteiger partial charge in [0.05, 0.1) is 15.6 Å². The van der Waals surface area contributed by atoms with Crippen molar-refractivity contribution >= 4 is 59.8 Å². The maximum Gasteiger partial charge on any atom is 0.368 e. The number of rotatable bonds is 4. The summed E-state index contributed by atoms with van der Waals surface area (Å²) in [4.78, 5) is 20.7. The van der Waals surface area contributed by atoms with Crippen molar-refractivity contribution in [1.82, 2.24) is 0 Å². The molecule has 7 heteroatoms. The van der Waals surface area contributed by atoms with E-state index in [9.17, 15) is 9.90 Å². The monoisotopic (exact) mass is 456 g/mol. The van der Waals surface area contributed by atoms with Gasteiger partial charge >= 0.3 is 5.97 Å². The Kier molecular flexibility index (Phi) is 6.52. The number of hydrogen-bond donors (Lipinski definition) is 1. The van der Waals surface area contributed by atoms with Gasteiger partial charge < -0.3 is 5.11 Å². The molecule has 1 aromatic rings. The third-order valence-corrected chi connectivity index (χ3v) is 5.62. The van der Waals surface area contributed by atoms with E-state index in [2.05, 4.69) is 57.6 Å². The van der Waals surface area contributed by atoms with E-state index in [0.29, 0.717) is 24.6 Å². The topological polar surface area (TPSA) is 55.8 Å². The highest BCUT2D eigenvalue weighted by molar-refractivity contribution is 9.14. The van der Waals surface area contributed by atoms with Crippen LogP contribution in [-0.4, -0.2) is 17.7 Å². The van der Waals surface area contributed by atoms with Crippen molar-refractivity contribution in [2.45, 2.75) is 13.8 Å². The zero-order valence-corrected chi connectivity index (χ0v) is 14.9. The summed E-state index contributed by atoms with van der Waals surface area (Å²) in [5, 5.41) is 9.73. The van der Waals surface area contributed by atoms with Gasteiger partial charge in [0, 0.05) is 10.0 Å². The molecular weight excluding hydrogens is 448 g/mol. The predicted molar refractivity (Wildman–Crippen MR) is 82.6 cm³/mol. The van der Waals surface area contributed by atoms with Crippen LogP contribution in [0.3, 0.4) is 0 Å². The Labute approximate surface area is 136 Å². The molecular formula is C12H11Br3O4. The number of aromatic hydroxyl groups is 1. The van der Waals surface area contributed by atoms with Gasteiger partial charge in [0.1, 0.15) is 5.75 Å². The molecule has 0 spiro atoms. The number of phenols is 1. The van der Waals surface area contributed by atoms with Crippen molar-refractivity contribution < 1.29 is 19.7 Å². The number of carbonyl (C=O) groups is 1. The predicted octanol–water partition coefficient (Wildman–Crippen LogP) is 4.58. The number of halogens is 3. The second-order valence-corrected chi connectivity index (χ2v) is 5.91. The van der Waals surface area contributed by atoms with Gasteiger partial charge in [-0.1, -0.05) is 0 Å². The molecule has 4 nitrogen and oxygen atoms in total. The van der Waals surface area contributed by atoms with Crippen LogP contribution >= 0.6 is 47.8 Å². The van der Waals surface area contributed by atoms with Gasteiger partial charge in [-0.2, -0.15) is 4.89 Å². The highest BCUT2D eigenvalue weighted by atomic mass is 79.9. The molecule has 0 aliphatic carbocycles.